The van der Waals surface area contributed by atoms with Gasteiger partial charge in [0.15, 0.2) is 0 Å². The number of nitrogens with one attached hydrogen (secondary N) is 1. The standard InChI is InChI=1S/C19H26N4O2/c1-14-9-23(10-15(2)25-14)11-17-7-5-4-6-16(17)8-20-19(24)18-12-22(3)13-21-18/h4-7,12-15H,8-11H2,1-3H3,(H,20,24)/t14-,15+. The molecule has 0 spiro atoms. The topological polar surface area (TPSA) is 59.4 Å². The predicted molar refractivity (Wildman–Crippen MR) is 96.1 cm³/mol. The number of imidazole rings is 1. The van der Waals surface area contributed by atoms with Crippen LogP contribution in [0.5, 0.6) is 0 Å². The fraction of sp³-hybridized carbons (Fsp3) is 0.474. The van der Waals surface area contributed by atoms with Crippen LogP contribution in [0.3, 0.4) is 0 Å². The fourth-order valence-corrected chi connectivity index (χ4v) is 3.33. The third-order valence-corrected chi connectivity index (χ3v) is 4.38. The zero-order chi connectivity index (χ0) is 17.8. The van der Waals surface area contributed by atoms with Crippen molar-refractivity contribution in [1.29, 1.82) is 0 Å². The number of aryl methyl sites for hydroxylation is 1. The highest BCUT2D eigenvalue weighted by atomic mass is 16.5. The second-order valence-electron chi connectivity index (χ2n) is 6.83. The Labute approximate surface area is 148 Å². The molecule has 1 aromatic carbocycles. The van der Waals surface area contributed by atoms with E-state index in [9.17, 15) is 4.79 Å². The molecule has 1 aliphatic heterocycles. The van der Waals surface area contributed by atoms with Crippen molar-refractivity contribution in [2.75, 3.05) is 13.1 Å². The van der Waals surface area contributed by atoms with Gasteiger partial charge >= 0.3 is 0 Å². The number of hydrogen-bond acceptors (Lipinski definition) is 4. The molecule has 0 radical (unpaired) electrons. The molecule has 0 unspecified atom stereocenters. The number of ether oxygens (including phenoxy) is 1. The number of carbonyl (C=O) groups is 1. The molecule has 1 fully saturated rings. The van der Waals surface area contributed by atoms with Crippen LogP contribution in [0.2, 0.25) is 0 Å². The van der Waals surface area contributed by atoms with Crippen molar-refractivity contribution in [2.45, 2.75) is 39.1 Å². The first-order chi connectivity index (χ1) is 12.0. The number of rotatable bonds is 5. The molecular formula is C19H26N4O2. The van der Waals surface area contributed by atoms with E-state index < -0.39 is 0 Å². The van der Waals surface area contributed by atoms with E-state index in [-0.39, 0.29) is 18.1 Å². The van der Waals surface area contributed by atoms with Crippen molar-refractivity contribution in [2.24, 2.45) is 7.05 Å². The molecule has 1 saturated heterocycles. The molecule has 6 heteroatoms. The number of aromatic nitrogens is 2. The lowest BCUT2D eigenvalue weighted by molar-refractivity contribution is -0.0705. The van der Waals surface area contributed by atoms with Gasteiger partial charge < -0.3 is 14.6 Å². The molecule has 1 N–H and O–H groups in total. The van der Waals surface area contributed by atoms with E-state index in [4.69, 9.17) is 4.74 Å². The molecule has 3 rings (SSSR count). The van der Waals surface area contributed by atoms with Gasteiger partial charge in [0, 0.05) is 39.4 Å². The maximum absolute atomic E-state index is 12.2. The summed E-state index contributed by atoms with van der Waals surface area (Å²) in [6.45, 7) is 7.45. The third-order valence-electron chi connectivity index (χ3n) is 4.38. The summed E-state index contributed by atoms with van der Waals surface area (Å²) in [6, 6.07) is 8.26. The number of morpholine rings is 1. The van der Waals surface area contributed by atoms with Crippen LogP contribution in [0, 0.1) is 0 Å². The summed E-state index contributed by atoms with van der Waals surface area (Å²) < 4.78 is 7.57. The summed E-state index contributed by atoms with van der Waals surface area (Å²) in [4.78, 5) is 18.7. The Kier molecular flexibility index (Phi) is 5.50. The number of carbonyl (C=O) groups excluding carboxylic acids is 1. The molecule has 1 aromatic heterocycles. The lowest BCUT2D eigenvalue weighted by atomic mass is 10.1. The molecule has 0 saturated carbocycles. The third kappa shape index (κ3) is 4.67. The van der Waals surface area contributed by atoms with Gasteiger partial charge in [0.25, 0.3) is 5.91 Å². The summed E-state index contributed by atoms with van der Waals surface area (Å²) in [5.74, 6) is -0.149. The van der Waals surface area contributed by atoms with Crippen molar-refractivity contribution in [3.05, 3.63) is 53.6 Å². The Bertz CT molecular complexity index is 718. The minimum Gasteiger partial charge on any atom is -0.373 e. The summed E-state index contributed by atoms with van der Waals surface area (Å²) in [5, 5.41) is 2.97. The maximum atomic E-state index is 12.2. The summed E-state index contributed by atoms with van der Waals surface area (Å²) in [7, 11) is 1.85. The summed E-state index contributed by atoms with van der Waals surface area (Å²) >= 11 is 0. The van der Waals surface area contributed by atoms with Crippen LogP contribution in [0.25, 0.3) is 0 Å². The highest BCUT2D eigenvalue weighted by molar-refractivity contribution is 5.91. The average molecular weight is 342 g/mol. The number of hydrogen-bond donors (Lipinski definition) is 1. The minimum absolute atomic E-state index is 0.149. The summed E-state index contributed by atoms with van der Waals surface area (Å²) in [6.07, 6.45) is 3.85. The SMILES string of the molecule is C[C@@H]1CN(Cc2ccccc2CNC(=O)c2cn(C)cn2)C[C@H](C)O1. The van der Waals surface area contributed by atoms with E-state index in [2.05, 4.69) is 41.2 Å². The van der Waals surface area contributed by atoms with Crippen LogP contribution in [0.4, 0.5) is 0 Å². The smallest absolute Gasteiger partial charge is 0.271 e. The number of benzene rings is 1. The van der Waals surface area contributed by atoms with Gasteiger partial charge in [-0.3, -0.25) is 9.69 Å². The van der Waals surface area contributed by atoms with E-state index in [1.807, 2.05) is 19.2 Å². The van der Waals surface area contributed by atoms with Crippen molar-refractivity contribution in [3.8, 4) is 0 Å². The van der Waals surface area contributed by atoms with Crippen molar-refractivity contribution >= 4 is 5.91 Å². The molecule has 2 aromatic rings. The van der Waals surface area contributed by atoms with Gasteiger partial charge in [-0.05, 0) is 25.0 Å². The van der Waals surface area contributed by atoms with Crippen LogP contribution >= 0.6 is 0 Å². The molecular weight excluding hydrogens is 316 g/mol. The Morgan fingerprint density at radius 2 is 1.92 bits per heavy atom. The zero-order valence-corrected chi connectivity index (χ0v) is 15.1. The normalized spacial score (nSPS) is 21.2. The second kappa shape index (κ2) is 7.80. The predicted octanol–water partition coefficient (Wildman–Crippen LogP) is 1.96. The first-order valence-corrected chi connectivity index (χ1v) is 8.72. The van der Waals surface area contributed by atoms with Gasteiger partial charge in [-0.1, -0.05) is 24.3 Å². The van der Waals surface area contributed by atoms with Gasteiger partial charge in [0.05, 0.1) is 18.5 Å². The number of nitrogens with zero attached hydrogens (tertiary/aromatic N) is 3. The Hall–Kier alpha value is -2.18. The Morgan fingerprint density at radius 1 is 1.24 bits per heavy atom. The second-order valence-corrected chi connectivity index (χ2v) is 6.83. The molecule has 2 atom stereocenters. The average Bonchev–Trinajstić information content (AvgIpc) is 2.99. The highest BCUT2D eigenvalue weighted by Gasteiger charge is 2.22. The molecule has 0 aliphatic carbocycles. The molecule has 134 valence electrons. The Balaban J connectivity index is 1.63. The van der Waals surface area contributed by atoms with Crippen molar-refractivity contribution in [3.63, 3.8) is 0 Å². The van der Waals surface area contributed by atoms with E-state index >= 15 is 0 Å². The zero-order valence-electron chi connectivity index (χ0n) is 15.1. The van der Waals surface area contributed by atoms with Gasteiger partial charge in [0.2, 0.25) is 0 Å². The molecule has 0 bridgehead atoms. The van der Waals surface area contributed by atoms with Crippen LogP contribution in [0.15, 0.2) is 36.8 Å². The lowest BCUT2D eigenvalue weighted by Gasteiger charge is -2.35. The monoisotopic (exact) mass is 342 g/mol. The first kappa shape index (κ1) is 17.6. The minimum atomic E-state index is -0.149. The maximum Gasteiger partial charge on any atom is 0.271 e. The first-order valence-electron chi connectivity index (χ1n) is 8.72. The van der Waals surface area contributed by atoms with Gasteiger partial charge in [-0.25, -0.2) is 4.98 Å². The van der Waals surface area contributed by atoms with Crippen LogP contribution in [-0.2, 0) is 24.9 Å². The molecule has 2 heterocycles. The molecule has 1 amide bonds. The molecule has 1 aliphatic rings. The van der Waals surface area contributed by atoms with Crippen molar-refractivity contribution < 1.29 is 9.53 Å². The van der Waals surface area contributed by atoms with E-state index in [1.165, 1.54) is 5.56 Å². The van der Waals surface area contributed by atoms with Crippen LogP contribution in [0.1, 0.15) is 35.5 Å². The van der Waals surface area contributed by atoms with E-state index in [0.29, 0.717) is 12.2 Å². The molecule has 6 nitrogen and oxygen atoms in total. The van der Waals surface area contributed by atoms with Gasteiger partial charge in [-0.2, -0.15) is 0 Å². The number of amides is 1. The Morgan fingerprint density at radius 3 is 2.56 bits per heavy atom. The van der Waals surface area contributed by atoms with Gasteiger partial charge in [-0.15, -0.1) is 0 Å². The van der Waals surface area contributed by atoms with E-state index in [0.717, 1.165) is 25.2 Å². The molecule has 25 heavy (non-hydrogen) atoms. The lowest BCUT2D eigenvalue weighted by Crippen LogP contribution is -2.45. The van der Waals surface area contributed by atoms with Crippen LogP contribution < -0.4 is 5.32 Å². The summed E-state index contributed by atoms with van der Waals surface area (Å²) in [5.41, 5.74) is 2.82. The highest BCUT2D eigenvalue weighted by Crippen LogP contribution is 2.17. The quantitative estimate of drug-likeness (QED) is 0.902. The fourth-order valence-electron chi connectivity index (χ4n) is 3.33. The van der Waals surface area contributed by atoms with Crippen LogP contribution in [-0.4, -0.2) is 45.7 Å². The van der Waals surface area contributed by atoms with E-state index in [1.54, 1.807) is 17.1 Å². The largest absolute Gasteiger partial charge is 0.373 e. The van der Waals surface area contributed by atoms with Crippen molar-refractivity contribution in [1.82, 2.24) is 19.8 Å². The van der Waals surface area contributed by atoms with Gasteiger partial charge in [0.1, 0.15) is 5.69 Å².